The van der Waals surface area contributed by atoms with Crippen molar-refractivity contribution in [1.29, 1.82) is 0 Å². The van der Waals surface area contributed by atoms with E-state index in [9.17, 15) is 4.79 Å². The number of hydrogen-bond donors (Lipinski definition) is 1. The van der Waals surface area contributed by atoms with Gasteiger partial charge in [0.25, 0.3) is 0 Å². The van der Waals surface area contributed by atoms with Gasteiger partial charge in [0.15, 0.2) is 10.8 Å². The monoisotopic (exact) mass is 415 g/mol. The molecule has 1 N–H and O–H groups in total. The topological polar surface area (TPSA) is 63.1 Å². The Morgan fingerprint density at radius 2 is 2.18 bits per heavy atom. The van der Waals surface area contributed by atoms with Gasteiger partial charge in [-0.05, 0) is 50.8 Å². The van der Waals surface area contributed by atoms with Crippen LogP contribution in [0.15, 0.2) is 24.3 Å². The molecule has 0 spiro atoms. The average molecular weight is 416 g/mol. The molecular weight excluding hydrogens is 394 g/mol. The highest BCUT2D eigenvalue weighted by atomic mass is 35.5. The first kappa shape index (κ1) is 17.9. The van der Waals surface area contributed by atoms with E-state index in [0.717, 1.165) is 65.6 Å². The number of anilines is 1. The van der Waals surface area contributed by atoms with Crippen LogP contribution in [0.5, 0.6) is 0 Å². The number of carbonyl (C=O) groups is 1. The van der Waals surface area contributed by atoms with Gasteiger partial charge in [-0.15, -0.1) is 0 Å². The molecule has 146 valence electrons. The highest BCUT2D eigenvalue weighted by Gasteiger charge is 2.31. The fraction of sp³-hybridized carbons (Fsp3) is 0.450. The summed E-state index contributed by atoms with van der Waals surface area (Å²) in [5, 5.41) is 9.45. The van der Waals surface area contributed by atoms with Crippen LogP contribution in [0.2, 0.25) is 5.02 Å². The van der Waals surface area contributed by atoms with Crippen LogP contribution in [-0.4, -0.2) is 39.8 Å². The minimum absolute atomic E-state index is 0.0480. The van der Waals surface area contributed by atoms with Gasteiger partial charge in [0.05, 0.1) is 22.0 Å². The molecule has 1 saturated carbocycles. The molecule has 0 bridgehead atoms. The molecule has 2 fully saturated rings. The Morgan fingerprint density at radius 3 is 2.96 bits per heavy atom. The maximum Gasteiger partial charge on any atom is 0.225 e. The predicted molar refractivity (Wildman–Crippen MR) is 113 cm³/mol. The lowest BCUT2D eigenvalue weighted by Crippen LogP contribution is -2.43. The van der Waals surface area contributed by atoms with Gasteiger partial charge in [0.2, 0.25) is 5.91 Å². The van der Waals surface area contributed by atoms with Gasteiger partial charge in [-0.3, -0.25) is 4.79 Å². The molecule has 2 aliphatic rings. The Morgan fingerprint density at radius 1 is 1.32 bits per heavy atom. The summed E-state index contributed by atoms with van der Waals surface area (Å²) in [5.41, 5.74) is 2.71. The van der Waals surface area contributed by atoms with Crippen LogP contribution in [-0.2, 0) is 4.79 Å². The number of fused-ring (bicyclic) bond motifs is 1. The van der Waals surface area contributed by atoms with E-state index in [1.54, 1.807) is 11.3 Å². The van der Waals surface area contributed by atoms with E-state index in [4.69, 9.17) is 16.6 Å². The molecule has 1 aromatic carbocycles. The van der Waals surface area contributed by atoms with Gasteiger partial charge in [-0.2, -0.15) is 10.1 Å². The fourth-order valence-corrected chi connectivity index (χ4v) is 4.96. The summed E-state index contributed by atoms with van der Waals surface area (Å²) >= 11 is 7.82. The lowest BCUT2D eigenvalue weighted by atomic mass is 9.97. The number of hydrogen-bond acceptors (Lipinski definition) is 5. The zero-order valence-electron chi connectivity index (χ0n) is 15.7. The summed E-state index contributed by atoms with van der Waals surface area (Å²) in [4.78, 5) is 19.6. The van der Waals surface area contributed by atoms with Gasteiger partial charge < -0.3 is 10.2 Å². The smallest absolute Gasteiger partial charge is 0.225 e. The number of nitrogens with zero attached hydrogens (tertiary/aromatic N) is 4. The van der Waals surface area contributed by atoms with Crippen LogP contribution < -0.4 is 10.2 Å². The van der Waals surface area contributed by atoms with Crippen molar-refractivity contribution < 1.29 is 4.79 Å². The number of rotatable bonds is 4. The first-order valence-corrected chi connectivity index (χ1v) is 11.0. The Labute approximate surface area is 172 Å². The molecule has 1 amide bonds. The number of piperidine rings is 1. The maximum atomic E-state index is 12.5. The second-order valence-corrected chi connectivity index (χ2v) is 9.11. The molecule has 1 atom stereocenters. The number of aromatic nitrogens is 3. The molecule has 8 heteroatoms. The SMILES string of the molecule is Cc1nn(-c2cccc(Cl)c2)c2nc(N3CCC[C@@H](C(=O)NC4CC4)C3)sc12. The molecule has 3 heterocycles. The standard InChI is InChI=1S/C20H22ClN5OS/c1-12-17-18(26(24-12)16-6-2-5-14(21)10-16)23-20(28-17)25-9-3-4-13(11-25)19(27)22-15-7-8-15/h2,5-6,10,13,15H,3-4,7-9,11H2,1H3,(H,22,27)/t13-/m1/s1. The van der Waals surface area contributed by atoms with E-state index in [0.29, 0.717) is 11.1 Å². The molecule has 0 unspecified atom stereocenters. The Balaban J connectivity index is 1.43. The van der Waals surface area contributed by atoms with Crippen LogP contribution in [0, 0.1) is 12.8 Å². The van der Waals surface area contributed by atoms with Crippen molar-refractivity contribution in [2.45, 2.75) is 38.6 Å². The summed E-state index contributed by atoms with van der Waals surface area (Å²) < 4.78 is 2.94. The van der Waals surface area contributed by atoms with Crippen molar-refractivity contribution in [3.63, 3.8) is 0 Å². The maximum absolute atomic E-state index is 12.5. The molecule has 1 aliphatic heterocycles. The van der Waals surface area contributed by atoms with E-state index in [2.05, 4.69) is 15.3 Å². The molecule has 3 aromatic rings. The minimum Gasteiger partial charge on any atom is -0.353 e. The molecule has 6 nitrogen and oxygen atoms in total. The minimum atomic E-state index is 0.0480. The third kappa shape index (κ3) is 3.37. The number of halogens is 1. The van der Waals surface area contributed by atoms with Crippen LogP contribution in [0.3, 0.4) is 0 Å². The molecular formula is C20H22ClN5OS. The van der Waals surface area contributed by atoms with E-state index in [1.165, 1.54) is 0 Å². The largest absolute Gasteiger partial charge is 0.353 e. The summed E-state index contributed by atoms with van der Waals surface area (Å²) in [7, 11) is 0. The summed E-state index contributed by atoms with van der Waals surface area (Å²) in [6, 6.07) is 8.06. The average Bonchev–Trinajstić information content (AvgIpc) is 3.30. The highest BCUT2D eigenvalue weighted by Crippen LogP contribution is 2.35. The summed E-state index contributed by atoms with van der Waals surface area (Å²) in [5.74, 6) is 0.251. The number of nitrogens with one attached hydrogen (secondary N) is 1. The molecule has 1 saturated heterocycles. The zero-order valence-corrected chi connectivity index (χ0v) is 17.3. The van der Waals surface area contributed by atoms with Crippen molar-refractivity contribution in [3.8, 4) is 5.69 Å². The van der Waals surface area contributed by atoms with Crippen LogP contribution in [0.4, 0.5) is 5.13 Å². The van der Waals surface area contributed by atoms with Gasteiger partial charge >= 0.3 is 0 Å². The van der Waals surface area contributed by atoms with Crippen molar-refractivity contribution in [2.24, 2.45) is 5.92 Å². The summed E-state index contributed by atoms with van der Waals surface area (Å²) in [6.45, 7) is 3.68. The van der Waals surface area contributed by atoms with Crippen LogP contribution >= 0.6 is 22.9 Å². The van der Waals surface area contributed by atoms with Crippen molar-refractivity contribution in [3.05, 3.63) is 35.0 Å². The van der Waals surface area contributed by atoms with E-state index in [1.807, 2.05) is 35.9 Å². The van der Waals surface area contributed by atoms with Gasteiger partial charge in [0, 0.05) is 24.2 Å². The molecule has 1 aliphatic carbocycles. The summed E-state index contributed by atoms with van der Waals surface area (Å²) in [6.07, 6.45) is 4.21. The predicted octanol–water partition coefficient (Wildman–Crippen LogP) is 3.94. The van der Waals surface area contributed by atoms with Crippen molar-refractivity contribution in [2.75, 3.05) is 18.0 Å². The number of carbonyl (C=O) groups excluding carboxylic acids is 1. The zero-order chi connectivity index (χ0) is 19.3. The number of benzene rings is 1. The van der Waals surface area contributed by atoms with Crippen molar-refractivity contribution >= 4 is 44.3 Å². The number of thiazole rings is 1. The third-order valence-corrected chi connectivity index (χ3v) is 6.87. The molecule has 5 rings (SSSR count). The Hall–Kier alpha value is -2.12. The molecule has 28 heavy (non-hydrogen) atoms. The van der Waals surface area contributed by atoms with Gasteiger partial charge in [-0.25, -0.2) is 4.68 Å². The highest BCUT2D eigenvalue weighted by molar-refractivity contribution is 7.22. The van der Waals surface area contributed by atoms with Crippen molar-refractivity contribution in [1.82, 2.24) is 20.1 Å². The van der Waals surface area contributed by atoms with Gasteiger partial charge in [-0.1, -0.05) is 29.0 Å². The lowest BCUT2D eigenvalue weighted by Gasteiger charge is -2.31. The first-order chi connectivity index (χ1) is 13.6. The Bertz CT molecular complexity index is 1040. The first-order valence-electron chi connectivity index (χ1n) is 9.76. The third-order valence-electron chi connectivity index (χ3n) is 5.42. The molecule has 0 radical (unpaired) electrons. The number of aryl methyl sites for hydroxylation is 1. The Kier molecular flexibility index (Phi) is 4.51. The second-order valence-electron chi connectivity index (χ2n) is 7.69. The second kappa shape index (κ2) is 7.04. The quantitative estimate of drug-likeness (QED) is 0.701. The normalized spacial score (nSPS) is 19.9. The van der Waals surface area contributed by atoms with E-state index in [-0.39, 0.29) is 11.8 Å². The van der Waals surface area contributed by atoms with E-state index < -0.39 is 0 Å². The van der Waals surface area contributed by atoms with E-state index >= 15 is 0 Å². The fourth-order valence-electron chi connectivity index (χ4n) is 3.76. The van der Waals surface area contributed by atoms with Gasteiger partial charge in [0.1, 0.15) is 0 Å². The lowest BCUT2D eigenvalue weighted by molar-refractivity contribution is -0.125. The molecule has 2 aromatic heterocycles. The van der Waals surface area contributed by atoms with Crippen LogP contribution in [0.1, 0.15) is 31.4 Å². The number of amides is 1. The van der Waals surface area contributed by atoms with Crippen LogP contribution in [0.25, 0.3) is 16.0 Å².